The molecule has 0 unspecified atom stereocenters. The highest BCUT2D eigenvalue weighted by Gasteiger charge is 2.26. The summed E-state index contributed by atoms with van der Waals surface area (Å²) in [6, 6.07) is 4.95. The van der Waals surface area contributed by atoms with E-state index in [0.717, 1.165) is 31.2 Å². The largest absolute Gasteiger partial charge is 0.462 e. The van der Waals surface area contributed by atoms with Crippen molar-refractivity contribution in [3.05, 3.63) is 62.5 Å². The summed E-state index contributed by atoms with van der Waals surface area (Å²) in [6.07, 6.45) is 5.07. The summed E-state index contributed by atoms with van der Waals surface area (Å²) in [5.41, 5.74) is 1.92. The second-order valence-electron chi connectivity index (χ2n) is 8.56. The van der Waals surface area contributed by atoms with E-state index in [4.69, 9.17) is 4.74 Å². The Morgan fingerprint density at radius 3 is 2.70 bits per heavy atom. The molecular formula is C25H27N5O5S2. The van der Waals surface area contributed by atoms with Gasteiger partial charge in [-0.1, -0.05) is 36.2 Å². The van der Waals surface area contributed by atoms with Crippen LogP contribution in [0.3, 0.4) is 0 Å². The third-order valence-corrected chi connectivity index (χ3v) is 7.54. The Kier molecular flexibility index (Phi) is 8.72. The number of Topliss-reactive ketones (excluding diaryl/α,β-unsaturated/α-hetero) is 1. The van der Waals surface area contributed by atoms with Crippen LogP contribution < -0.4 is 16.2 Å². The predicted molar refractivity (Wildman–Crippen MR) is 143 cm³/mol. The fraction of sp³-hybridized carbons (Fsp3) is 0.360. The number of ketones is 1. The molecule has 1 fully saturated rings. The zero-order chi connectivity index (χ0) is 26.4. The molecule has 1 aliphatic carbocycles. The number of esters is 1. The van der Waals surface area contributed by atoms with Crippen LogP contribution in [-0.4, -0.2) is 39.3 Å². The van der Waals surface area contributed by atoms with Crippen LogP contribution in [-0.2, 0) is 10.5 Å². The first-order chi connectivity index (χ1) is 17.8. The van der Waals surface area contributed by atoms with Gasteiger partial charge in [-0.2, -0.15) is 0 Å². The van der Waals surface area contributed by atoms with E-state index in [-0.39, 0.29) is 23.9 Å². The molecule has 0 atom stereocenters. The molecule has 0 spiro atoms. The number of aromatic nitrogens is 3. The first-order valence-corrected chi connectivity index (χ1v) is 13.8. The normalized spacial score (nSPS) is 13.4. The highest BCUT2D eigenvalue weighted by atomic mass is 32.2. The Morgan fingerprint density at radius 2 is 1.97 bits per heavy atom. The number of urea groups is 1. The van der Waals surface area contributed by atoms with Crippen molar-refractivity contribution >= 4 is 51.7 Å². The molecule has 2 aromatic heterocycles. The van der Waals surface area contributed by atoms with Crippen LogP contribution in [0, 0.1) is 12.8 Å². The highest BCUT2D eigenvalue weighted by Crippen LogP contribution is 2.31. The molecule has 0 bridgehead atoms. The Hall–Kier alpha value is -3.51. The van der Waals surface area contributed by atoms with Gasteiger partial charge in [0, 0.05) is 28.8 Å². The Morgan fingerprint density at radius 1 is 1.19 bits per heavy atom. The lowest BCUT2D eigenvalue weighted by Crippen LogP contribution is -2.22. The molecule has 10 nitrogen and oxygen atoms in total. The predicted octanol–water partition coefficient (Wildman–Crippen LogP) is 5.02. The lowest BCUT2D eigenvalue weighted by Gasteiger charge is -2.14. The van der Waals surface area contributed by atoms with Gasteiger partial charge in [-0.15, -0.1) is 11.3 Å². The van der Waals surface area contributed by atoms with Crippen molar-refractivity contribution < 1.29 is 19.1 Å². The molecule has 12 heteroatoms. The van der Waals surface area contributed by atoms with Gasteiger partial charge in [0.15, 0.2) is 16.1 Å². The van der Waals surface area contributed by atoms with Gasteiger partial charge in [0.05, 0.1) is 18.0 Å². The van der Waals surface area contributed by atoms with Crippen molar-refractivity contribution in [3.8, 4) is 0 Å². The molecule has 0 radical (unpaired) electrons. The van der Waals surface area contributed by atoms with Crippen molar-refractivity contribution in [2.24, 2.45) is 5.92 Å². The van der Waals surface area contributed by atoms with Gasteiger partial charge < -0.3 is 15.0 Å². The second kappa shape index (κ2) is 12.2. The molecular weight excluding hydrogens is 514 g/mol. The number of rotatable bonds is 9. The number of hydrogen-bond acceptors (Lipinski definition) is 9. The number of carbonyl (C=O) groups is 3. The number of thiazole rings is 1. The van der Waals surface area contributed by atoms with Crippen LogP contribution in [0.5, 0.6) is 0 Å². The maximum Gasteiger partial charge on any atom is 0.345 e. The van der Waals surface area contributed by atoms with E-state index in [1.807, 2.05) is 19.1 Å². The SMILES string of the molecule is CCOC(=O)c1cnc(SCc2csc(NC(=O)Nc3ccc(C)cc3C(=O)C3CCCC3)n2)[nH]c1=O. The fourth-order valence-corrected chi connectivity index (χ4v) is 5.54. The summed E-state index contributed by atoms with van der Waals surface area (Å²) in [5, 5.41) is 8.01. The summed E-state index contributed by atoms with van der Waals surface area (Å²) in [7, 11) is 0. The molecule has 194 valence electrons. The van der Waals surface area contributed by atoms with Gasteiger partial charge >= 0.3 is 12.0 Å². The minimum Gasteiger partial charge on any atom is -0.462 e. The van der Waals surface area contributed by atoms with Crippen LogP contribution in [0.25, 0.3) is 0 Å². The smallest absolute Gasteiger partial charge is 0.345 e. The van der Waals surface area contributed by atoms with E-state index in [1.165, 1.54) is 29.3 Å². The molecule has 2 heterocycles. The lowest BCUT2D eigenvalue weighted by molar-refractivity contribution is 0.0523. The number of hydrogen-bond donors (Lipinski definition) is 3. The van der Waals surface area contributed by atoms with Crippen LogP contribution in [0.4, 0.5) is 15.6 Å². The maximum atomic E-state index is 13.0. The van der Waals surface area contributed by atoms with E-state index < -0.39 is 17.6 Å². The maximum absolute atomic E-state index is 13.0. The highest BCUT2D eigenvalue weighted by molar-refractivity contribution is 7.98. The number of thioether (sulfide) groups is 1. The molecule has 1 saturated carbocycles. The number of H-pyrrole nitrogens is 1. The van der Waals surface area contributed by atoms with Crippen LogP contribution in [0.15, 0.2) is 39.7 Å². The minimum atomic E-state index is -0.720. The quantitative estimate of drug-likeness (QED) is 0.148. The third kappa shape index (κ3) is 6.83. The van der Waals surface area contributed by atoms with Crippen molar-refractivity contribution in [2.75, 3.05) is 17.2 Å². The monoisotopic (exact) mass is 541 g/mol. The number of aryl methyl sites for hydroxylation is 1. The fourth-order valence-electron chi connectivity index (χ4n) is 4.01. The molecule has 0 aliphatic heterocycles. The summed E-state index contributed by atoms with van der Waals surface area (Å²) in [4.78, 5) is 60.6. The molecule has 3 N–H and O–H groups in total. The summed E-state index contributed by atoms with van der Waals surface area (Å²) < 4.78 is 4.83. The van der Waals surface area contributed by atoms with Crippen LogP contribution >= 0.6 is 23.1 Å². The number of nitrogens with zero attached hydrogens (tertiary/aromatic N) is 2. The van der Waals surface area contributed by atoms with Crippen LogP contribution in [0.1, 0.15) is 64.6 Å². The van der Waals surface area contributed by atoms with Crippen LogP contribution in [0.2, 0.25) is 0 Å². The molecule has 4 rings (SSSR count). The van der Waals surface area contributed by atoms with Crippen molar-refractivity contribution in [2.45, 2.75) is 50.4 Å². The average Bonchev–Trinajstić information content (AvgIpc) is 3.56. The van der Waals surface area contributed by atoms with E-state index in [2.05, 4.69) is 25.6 Å². The van der Waals surface area contributed by atoms with E-state index in [0.29, 0.717) is 33.0 Å². The van der Waals surface area contributed by atoms with Gasteiger partial charge in [-0.05, 0) is 38.8 Å². The Balaban J connectivity index is 1.35. The molecule has 1 aromatic carbocycles. The molecule has 0 saturated heterocycles. The summed E-state index contributed by atoms with van der Waals surface area (Å²) >= 11 is 2.49. The molecule has 37 heavy (non-hydrogen) atoms. The molecule has 3 aromatic rings. The Bertz CT molecular complexity index is 1360. The molecule has 1 aliphatic rings. The van der Waals surface area contributed by atoms with E-state index in [9.17, 15) is 19.2 Å². The number of ether oxygens (including phenoxy) is 1. The number of benzene rings is 1. The van der Waals surface area contributed by atoms with E-state index >= 15 is 0 Å². The summed E-state index contributed by atoms with van der Waals surface area (Å²) in [5.74, 6) is -0.247. The average molecular weight is 542 g/mol. The third-order valence-electron chi connectivity index (χ3n) is 5.82. The number of carbonyl (C=O) groups excluding carboxylic acids is 3. The van der Waals surface area contributed by atoms with Crippen molar-refractivity contribution in [3.63, 3.8) is 0 Å². The number of amides is 2. The first-order valence-electron chi connectivity index (χ1n) is 11.9. The number of anilines is 2. The zero-order valence-electron chi connectivity index (χ0n) is 20.5. The number of aromatic amines is 1. The van der Waals surface area contributed by atoms with Gasteiger partial charge in [0.2, 0.25) is 0 Å². The lowest BCUT2D eigenvalue weighted by atomic mass is 9.94. The standard InChI is InChI=1S/C25H27N5O5S2/c1-3-35-22(33)18-11-26-24(29-21(18)32)36-12-16-13-37-25(27-16)30-23(34)28-19-9-8-14(2)10-17(19)20(31)15-6-4-5-7-15/h8-11,13,15H,3-7,12H2,1-2H3,(H,26,29,32)(H2,27,28,30,34). The van der Waals surface area contributed by atoms with Crippen molar-refractivity contribution in [1.29, 1.82) is 0 Å². The second-order valence-corrected chi connectivity index (χ2v) is 10.4. The van der Waals surface area contributed by atoms with Gasteiger partial charge in [0.25, 0.3) is 5.56 Å². The van der Waals surface area contributed by atoms with Gasteiger partial charge in [-0.3, -0.25) is 14.9 Å². The number of nitrogens with one attached hydrogen (secondary N) is 3. The summed E-state index contributed by atoms with van der Waals surface area (Å²) in [6.45, 7) is 3.74. The van der Waals surface area contributed by atoms with Gasteiger partial charge in [-0.25, -0.2) is 19.6 Å². The van der Waals surface area contributed by atoms with Crippen molar-refractivity contribution in [1.82, 2.24) is 15.0 Å². The van der Waals surface area contributed by atoms with Gasteiger partial charge in [0.1, 0.15) is 5.56 Å². The zero-order valence-corrected chi connectivity index (χ0v) is 22.1. The minimum absolute atomic E-state index is 0.00947. The molecule has 2 amide bonds. The van der Waals surface area contributed by atoms with E-state index in [1.54, 1.807) is 18.4 Å². The topological polar surface area (TPSA) is 143 Å². The Labute approximate surface area is 221 Å². The first kappa shape index (κ1) is 26.6.